The Morgan fingerprint density at radius 1 is 1.00 bits per heavy atom. The van der Waals surface area contributed by atoms with Gasteiger partial charge in [-0.15, -0.1) is 0 Å². The number of hydrogen-bond donors (Lipinski definition) is 1. The van der Waals surface area contributed by atoms with Crippen LogP contribution in [-0.2, 0) is 0 Å². The summed E-state index contributed by atoms with van der Waals surface area (Å²) >= 11 is 0. The zero-order chi connectivity index (χ0) is 20.2. The first-order chi connectivity index (χ1) is 14.2. The zero-order valence-electron chi connectivity index (χ0n) is 17.0. The van der Waals surface area contributed by atoms with E-state index in [1.165, 1.54) is 0 Å². The Hall–Kier alpha value is -3.12. The van der Waals surface area contributed by atoms with Gasteiger partial charge in [-0.3, -0.25) is 4.79 Å². The number of piperazine rings is 1. The van der Waals surface area contributed by atoms with Gasteiger partial charge < -0.3 is 15.1 Å². The van der Waals surface area contributed by atoms with E-state index in [2.05, 4.69) is 33.2 Å². The molecule has 6 nitrogen and oxygen atoms in total. The van der Waals surface area contributed by atoms with Crippen LogP contribution in [-0.4, -0.2) is 53.3 Å². The van der Waals surface area contributed by atoms with E-state index in [1.54, 1.807) is 10.9 Å². The third kappa shape index (κ3) is 4.03. The van der Waals surface area contributed by atoms with Gasteiger partial charge in [0.1, 0.15) is 0 Å². The largest absolute Gasteiger partial charge is 0.367 e. The van der Waals surface area contributed by atoms with Crippen LogP contribution in [0.2, 0.25) is 0 Å². The van der Waals surface area contributed by atoms with Gasteiger partial charge >= 0.3 is 0 Å². The van der Waals surface area contributed by atoms with E-state index in [-0.39, 0.29) is 5.91 Å². The minimum atomic E-state index is -0.135. The maximum atomic E-state index is 13.0. The van der Waals surface area contributed by atoms with Gasteiger partial charge in [0.2, 0.25) is 0 Å². The number of nitrogens with zero attached hydrogens (tertiary/aromatic N) is 4. The molecule has 29 heavy (non-hydrogen) atoms. The van der Waals surface area contributed by atoms with Gasteiger partial charge in [0.25, 0.3) is 5.91 Å². The molecule has 0 atom stereocenters. The zero-order valence-corrected chi connectivity index (χ0v) is 17.0. The molecule has 1 aromatic heterocycles. The van der Waals surface area contributed by atoms with Gasteiger partial charge in [0.05, 0.1) is 34.5 Å². The summed E-state index contributed by atoms with van der Waals surface area (Å²) in [4.78, 5) is 17.8. The van der Waals surface area contributed by atoms with Crippen molar-refractivity contribution in [1.82, 2.24) is 14.7 Å². The number of para-hydroxylation sites is 3. The summed E-state index contributed by atoms with van der Waals surface area (Å²) in [7, 11) is 0. The summed E-state index contributed by atoms with van der Waals surface area (Å²) < 4.78 is 1.80. The number of anilines is 2. The van der Waals surface area contributed by atoms with Crippen LogP contribution in [0.3, 0.4) is 0 Å². The van der Waals surface area contributed by atoms with Crippen LogP contribution in [0, 0.1) is 6.92 Å². The Bertz CT molecular complexity index is 974. The van der Waals surface area contributed by atoms with Crippen molar-refractivity contribution >= 4 is 17.3 Å². The number of aromatic nitrogens is 2. The predicted molar refractivity (Wildman–Crippen MR) is 117 cm³/mol. The highest BCUT2D eigenvalue weighted by Crippen LogP contribution is 2.27. The topological polar surface area (TPSA) is 53.4 Å². The molecule has 3 aromatic rings. The molecule has 1 aliphatic rings. The van der Waals surface area contributed by atoms with Crippen molar-refractivity contribution in [1.29, 1.82) is 0 Å². The first-order valence-electron chi connectivity index (χ1n) is 10.1. The normalized spacial score (nSPS) is 14.8. The average molecular weight is 390 g/mol. The molecule has 0 bridgehead atoms. The summed E-state index contributed by atoms with van der Waals surface area (Å²) in [5, 5.41) is 7.53. The molecule has 1 aliphatic heterocycles. The second kappa shape index (κ2) is 8.49. The Labute approximate surface area is 171 Å². The van der Waals surface area contributed by atoms with Gasteiger partial charge in [-0.1, -0.05) is 37.3 Å². The lowest BCUT2D eigenvalue weighted by molar-refractivity contribution is 0.102. The molecule has 0 unspecified atom stereocenters. The summed E-state index contributed by atoms with van der Waals surface area (Å²) in [6, 6.07) is 17.9. The van der Waals surface area contributed by atoms with E-state index in [0.717, 1.165) is 55.5 Å². The molecule has 2 heterocycles. The molecule has 1 saturated heterocycles. The van der Waals surface area contributed by atoms with Crippen LogP contribution < -0.4 is 10.2 Å². The second-order valence-electron chi connectivity index (χ2n) is 7.28. The molecule has 0 spiro atoms. The molecular weight excluding hydrogens is 362 g/mol. The highest BCUT2D eigenvalue weighted by atomic mass is 16.1. The highest BCUT2D eigenvalue weighted by molar-refractivity contribution is 6.06. The number of amides is 1. The second-order valence-corrected chi connectivity index (χ2v) is 7.28. The lowest BCUT2D eigenvalue weighted by Gasteiger charge is -2.36. The Kier molecular flexibility index (Phi) is 5.62. The minimum absolute atomic E-state index is 0.135. The number of carbonyl (C=O) groups excluding carboxylic acids is 1. The number of carbonyl (C=O) groups is 1. The lowest BCUT2D eigenvalue weighted by atomic mass is 10.2. The molecule has 0 aliphatic carbocycles. The fourth-order valence-corrected chi connectivity index (χ4v) is 3.81. The van der Waals surface area contributed by atoms with E-state index < -0.39 is 0 Å². The van der Waals surface area contributed by atoms with Crippen molar-refractivity contribution in [2.75, 3.05) is 42.9 Å². The van der Waals surface area contributed by atoms with Gasteiger partial charge in [-0.25, -0.2) is 4.68 Å². The van der Waals surface area contributed by atoms with Gasteiger partial charge in [0, 0.05) is 26.2 Å². The molecule has 1 N–H and O–H groups in total. The molecule has 0 saturated carbocycles. The van der Waals surface area contributed by atoms with Gasteiger partial charge in [-0.2, -0.15) is 5.10 Å². The standard InChI is InChI=1S/C23H27N5O/c1-3-26-13-15-27(16-14-26)22-12-8-7-11-21(22)25-23(29)20-17-24-28(18(20)2)19-9-5-4-6-10-19/h4-12,17H,3,13-16H2,1-2H3,(H,25,29). The molecule has 150 valence electrons. The third-order valence-corrected chi connectivity index (χ3v) is 5.57. The molecule has 1 fully saturated rings. The number of benzene rings is 2. The van der Waals surface area contributed by atoms with Crippen LogP contribution >= 0.6 is 0 Å². The van der Waals surface area contributed by atoms with Crippen LogP contribution in [0.5, 0.6) is 0 Å². The molecule has 4 rings (SSSR count). The van der Waals surface area contributed by atoms with Crippen molar-refractivity contribution in [3.05, 3.63) is 72.1 Å². The number of nitrogens with one attached hydrogen (secondary N) is 1. The van der Waals surface area contributed by atoms with E-state index >= 15 is 0 Å². The molecule has 2 aromatic carbocycles. The van der Waals surface area contributed by atoms with Crippen molar-refractivity contribution in [3.8, 4) is 5.69 Å². The summed E-state index contributed by atoms with van der Waals surface area (Å²) in [5.41, 5.74) is 4.26. The SMILES string of the molecule is CCN1CCN(c2ccccc2NC(=O)c2cnn(-c3ccccc3)c2C)CC1. The van der Waals surface area contributed by atoms with E-state index in [0.29, 0.717) is 5.56 Å². The van der Waals surface area contributed by atoms with Crippen molar-refractivity contribution < 1.29 is 4.79 Å². The fraction of sp³-hybridized carbons (Fsp3) is 0.304. The summed E-state index contributed by atoms with van der Waals surface area (Å²) in [6.07, 6.45) is 1.64. The van der Waals surface area contributed by atoms with E-state index in [9.17, 15) is 4.79 Å². The Morgan fingerprint density at radius 3 is 2.41 bits per heavy atom. The Morgan fingerprint density at radius 2 is 1.69 bits per heavy atom. The van der Waals surface area contributed by atoms with E-state index in [4.69, 9.17) is 0 Å². The van der Waals surface area contributed by atoms with Crippen LogP contribution in [0.25, 0.3) is 5.69 Å². The quantitative estimate of drug-likeness (QED) is 0.725. The molecule has 0 radical (unpaired) electrons. The Balaban J connectivity index is 1.54. The fourth-order valence-electron chi connectivity index (χ4n) is 3.81. The number of rotatable bonds is 5. The van der Waals surface area contributed by atoms with Crippen LogP contribution in [0.1, 0.15) is 23.0 Å². The number of likely N-dealkylation sites (N-methyl/N-ethyl adjacent to an activating group) is 1. The highest BCUT2D eigenvalue weighted by Gasteiger charge is 2.20. The van der Waals surface area contributed by atoms with Crippen molar-refractivity contribution in [2.45, 2.75) is 13.8 Å². The predicted octanol–water partition coefficient (Wildman–Crippen LogP) is 3.57. The van der Waals surface area contributed by atoms with Crippen LogP contribution in [0.15, 0.2) is 60.8 Å². The molecule has 1 amide bonds. The van der Waals surface area contributed by atoms with Crippen molar-refractivity contribution in [3.63, 3.8) is 0 Å². The maximum Gasteiger partial charge on any atom is 0.259 e. The lowest BCUT2D eigenvalue weighted by Crippen LogP contribution is -2.46. The minimum Gasteiger partial charge on any atom is -0.367 e. The van der Waals surface area contributed by atoms with Gasteiger partial charge in [-0.05, 0) is 37.7 Å². The van der Waals surface area contributed by atoms with Crippen LogP contribution in [0.4, 0.5) is 11.4 Å². The first-order valence-corrected chi connectivity index (χ1v) is 10.1. The van der Waals surface area contributed by atoms with Gasteiger partial charge in [0.15, 0.2) is 0 Å². The molecule has 6 heteroatoms. The first kappa shape index (κ1) is 19.2. The number of hydrogen-bond acceptors (Lipinski definition) is 4. The van der Waals surface area contributed by atoms with Crippen molar-refractivity contribution in [2.24, 2.45) is 0 Å². The van der Waals surface area contributed by atoms with E-state index in [1.807, 2.05) is 55.5 Å². The monoisotopic (exact) mass is 389 g/mol. The summed E-state index contributed by atoms with van der Waals surface area (Å²) in [5.74, 6) is -0.135. The smallest absolute Gasteiger partial charge is 0.259 e. The summed E-state index contributed by atoms with van der Waals surface area (Å²) in [6.45, 7) is 9.21. The third-order valence-electron chi connectivity index (χ3n) is 5.57. The maximum absolute atomic E-state index is 13.0. The average Bonchev–Trinajstić information content (AvgIpc) is 3.16. The molecular formula is C23H27N5O.